The number of hydrogen-bond donors (Lipinski definition) is 1. The molecule has 1 aromatic carbocycles. The third-order valence-electron chi connectivity index (χ3n) is 2.73. The van der Waals surface area contributed by atoms with Crippen LogP contribution in [0.4, 0.5) is 5.69 Å². The Morgan fingerprint density at radius 1 is 1.29 bits per heavy atom. The molecule has 1 rings (SSSR count). The minimum absolute atomic E-state index is 0.570. The molecular formula is C13H21N. The number of nitrogens with one attached hydrogen (secondary N) is 1. The van der Waals surface area contributed by atoms with Gasteiger partial charge in [-0.15, -0.1) is 0 Å². The van der Waals surface area contributed by atoms with Gasteiger partial charge in [-0.1, -0.05) is 25.5 Å². The summed E-state index contributed by atoms with van der Waals surface area (Å²) in [4.78, 5) is 0. The zero-order valence-electron chi connectivity index (χ0n) is 9.72. The molecule has 0 amide bonds. The van der Waals surface area contributed by atoms with E-state index in [1.54, 1.807) is 0 Å². The molecule has 0 aromatic heterocycles. The summed E-state index contributed by atoms with van der Waals surface area (Å²) in [6.07, 6.45) is 2.46. The van der Waals surface area contributed by atoms with Gasteiger partial charge in [-0.3, -0.25) is 0 Å². The average Bonchev–Trinajstić information content (AvgIpc) is 2.13. The highest BCUT2D eigenvalue weighted by atomic mass is 14.9. The fourth-order valence-corrected chi connectivity index (χ4v) is 1.68. The highest BCUT2D eigenvalue weighted by molar-refractivity contribution is 5.54. The summed E-state index contributed by atoms with van der Waals surface area (Å²) in [6.45, 7) is 8.80. The molecule has 0 radical (unpaired) electrons. The first kappa shape index (κ1) is 11.1. The molecule has 1 atom stereocenters. The van der Waals surface area contributed by atoms with Crippen molar-refractivity contribution in [3.63, 3.8) is 0 Å². The topological polar surface area (TPSA) is 12.0 Å². The van der Waals surface area contributed by atoms with Crippen molar-refractivity contribution in [1.29, 1.82) is 0 Å². The van der Waals surface area contributed by atoms with Crippen molar-refractivity contribution in [3.05, 3.63) is 29.3 Å². The van der Waals surface area contributed by atoms with Crippen molar-refractivity contribution >= 4 is 5.69 Å². The fourth-order valence-electron chi connectivity index (χ4n) is 1.68. The molecule has 78 valence electrons. The zero-order valence-corrected chi connectivity index (χ0v) is 9.72. The minimum Gasteiger partial charge on any atom is -0.382 e. The van der Waals surface area contributed by atoms with E-state index in [2.05, 4.69) is 51.2 Å². The van der Waals surface area contributed by atoms with Crippen LogP contribution in [-0.4, -0.2) is 6.04 Å². The summed E-state index contributed by atoms with van der Waals surface area (Å²) in [5, 5.41) is 3.55. The first-order valence-electron chi connectivity index (χ1n) is 5.48. The maximum absolute atomic E-state index is 3.55. The van der Waals surface area contributed by atoms with Crippen LogP contribution in [0.5, 0.6) is 0 Å². The van der Waals surface area contributed by atoms with Gasteiger partial charge in [0.05, 0.1) is 0 Å². The molecular weight excluding hydrogens is 170 g/mol. The van der Waals surface area contributed by atoms with E-state index in [9.17, 15) is 0 Å². The minimum atomic E-state index is 0.570. The SMILES string of the molecule is CCC[C@H](C)Nc1cccc(C)c1C. The van der Waals surface area contributed by atoms with Gasteiger partial charge in [0.2, 0.25) is 0 Å². The summed E-state index contributed by atoms with van der Waals surface area (Å²) in [5.74, 6) is 0. The maximum Gasteiger partial charge on any atom is 0.0374 e. The molecule has 1 heteroatoms. The average molecular weight is 191 g/mol. The van der Waals surface area contributed by atoms with Crippen LogP contribution in [0, 0.1) is 13.8 Å². The predicted octanol–water partition coefficient (Wildman–Crippen LogP) is 3.90. The Bertz CT molecular complexity index is 291. The van der Waals surface area contributed by atoms with E-state index < -0.39 is 0 Å². The van der Waals surface area contributed by atoms with Gasteiger partial charge < -0.3 is 5.32 Å². The summed E-state index contributed by atoms with van der Waals surface area (Å²) < 4.78 is 0. The Hall–Kier alpha value is -0.980. The van der Waals surface area contributed by atoms with Crippen LogP contribution in [0.1, 0.15) is 37.8 Å². The van der Waals surface area contributed by atoms with Gasteiger partial charge in [-0.2, -0.15) is 0 Å². The zero-order chi connectivity index (χ0) is 10.6. The Kier molecular flexibility index (Phi) is 3.99. The van der Waals surface area contributed by atoms with E-state index >= 15 is 0 Å². The summed E-state index contributed by atoms with van der Waals surface area (Å²) in [5.41, 5.74) is 4.01. The molecule has 1 aromatic rings. The standard InChI is InChI=1S/C13H21N/c1-5-7-11(3)14-13-9-6-8-10(2)12(13)4/h6,8-9,11,14H,5,7H2,1-4H3/t11-/m0/s1. The van der Waals surface area contributed by atoms with Crippen LogP contribution in [0.3, 0.4) is 0 Å². The van der Waals surface area contributed by atoms with Gasteiger partial charge in [-0.25, -0.2) is 0 Å². The van der Waals surface area contributed by atoms with E-state index in [-0.39, 0.29) is 0 Å². The quantitative estimate of drug-likeness (QED) is 0.761. The molecule has 0 fully saturated rings. The van der Waals surface area contributed by atoms with Gasteiger partial charge in [0.25, 0.3) is 0 Å². The Morgan fingerprint density at radius 2 is 2.00 bits per heavy atom. The molecule has 0 saturated heterocycles. The van der Waals surface area contributed by atoms with Crippen molar-refractivity contribution in [1.82, 2.24) is 0 Å². The fraction of sp³-hybridized carbons (Fsp3) is 0.538. The van der Waals surface area contributed by atoms with Crippen LogP contribution in [-0.2, 0) is 0 Å². The second kappa shape index (κ2) is 5.04. The van der Waals surface area contributed by atoms with Gasteiger partial charge in [0, 0.05) is 11.7 Å². The van der Waals surface area contributed by atoms with Crippen molar-refractivity contribution in [3.8, 4) is 0 Å². The summed E-state index contributed by atoms with van der Waals surface area (Å²) >= 11 is 0. The van der Waals surface area contributed by atoms with Gasteiger partial charge in [0.1, 0.15) is 0 Å². The van der Waals surface area contributed by atoms with Crippen LogP contribution < -0.4 is 5.32 Å². The highest BCUT2D eigenvalue weighted by Gasteiger charge is 2.03. The van der Waals surface area contributed by atoms with Crippen LogP contribution in [0.15, 0.2) is 18.2 Å². The number of anilines is 1. The number of benzene rings is 1. The predicted molar refractivity (Wildman–Crippen MR) is 63.9 cm³/mol. The van der Waals surface area contributed by atoms with Crippen molar-refractivity contribution in [2.75, 3.05) is 5.32 Å². The van der Waals surface area contributed by atoms with Crippen molar-refractivity contribution in [2.24, 2.45) is 0 Å². The lowest BCUT2D eigenvalue weighted by Gasteiger charge is -2.17. The lowest BCUT2D eigenvalue weighted by Crippen LogP contribution is -2.15. The molecule has 0 bridgehead atoms. The summed E-state index contributed by atoms with van der Waals surface area (Å²) in [6, 6.07) is 7.00. The number of aryl methyl sites for hydroxylation is 1. The van der Waals surface area contributed by atoms with E-state index in [1.165, 1.54) is 29.7 Å². The third kappa shape index (κ3) is 2.76. The Balaban J connectivity index is 2.71. The first-order chi connectivity index (χ1) is 6.65. The van der Waals surface area contributed by atoms with E-state index in [0.717, 1.165) is 0 Å². The lowest BCUT2D eigenvalue weighted by atomic mass is 10.1. The molecule has 0 unspecified atom stereocenters. The molecule has 1 N–H and O–H groups in total. The smallest absolute Gasteiger partial charge is 0.0374 e. The second-order valence-electron chi connectivity index (χ2n) is 4.08. The maximum atomic E-state index is 3.55. The molecule has 1 nitrogen and oxygen atoms in total. The molecule has 14 heavy (non-hydrogen) atoms. The third-order valence-corrected chi connectivity index (χ3v) is 2.73. The highest BCUT2D eigenvalue weighted by Crippen LogP contribution is 2.19. The first-order valence-corrected chi connectivity index (χ1v) is 5.48. The second-order valence-corrected chi connectivity index (χ2v) is 4.08. The lowest BCUT2D eigenvalue weighted by molar-refractivity contribution is 0.690. The van der Waals surface area contributed by atoms with E-state index in [1.807, 2.05) is 0 Å². The Morgan fingerprint density at radius 3 is 2.64 bits per heavy atom. The van der Waals surface area contributed by atoms with E-state index in [0.29, 0.717) is 6.04 Å². The van der Waals surface area contributed by atoms with Crippen LogP contribution in [0.2, 0.25) is 0 Å². The normalized spacial score (nSPS) is 12.6. The van der Waals surface area contributed by atoms with Gasteiger partial charge in [-0.05, 0) is 44.4 Å². The van der Waals surface area contributed by atoms with Crippen molar-refractivity contribution < 1.29 is 0 Å². The molecule has 0 aliphatic heterocycles. The largest absolute Gasteiger partial charge is 0.382 e. The number of rotatable bonds is 4. The molecule has 0 aliphatic carbocycles. The molecule has 0 saturated carbocycles. The van der Waals surface area contributed by atoms with Gasteiger partial charge >= 0.3 is 0 Å². The van der Waals surface area contributed by atoms with E-state index in [4.69, 9.17) is 0 Å². The molecule has 0 heterocycles. The molecule has 0 aliphatic rings. The Labute approximate surface area is 87.5 Å². The summed E-state index contributed by atoms with van der Waals surface area (Å²) in [7, 11) is 0. The van der Waals surface area contributed by atoms with Crippen LogP contribution in [0.25, 0.3) is 0 Å². The van der Waals surface area contributed by atoms with Crippen molar-refractivity contribution in [2.45, 2.75) is 46.6 Å². The monoisotopic (exact) mass is 191 g/mol. The van der Waals surface area contributed by atoms with Gasteiger partial charge in [0.15, 0.2) is 0 Å². The van der Waals surface area contributed by atoms with Crippen LogP contribution >= 0.6 is 0 Å². The molecule has 0 spiro atoms. The number of hydrogen-bond acceptors (Lipinski definition) is 1.